The third kappa shape index (κ3) is 4.07. The Bertz CT molecular complexity index is 578. The monoisotopic (exact) mass is 315 g/mol. The maximum absolute atomic E-state index is 11.9. The third-order valence-corrected chi connectivity index (χ3v) is 3.33. The van der Waals surface area contributed by atoms with Crippen LogP contribution in [0.2, 0.25) is 0 Å². The molecule has 0 fully saturated rings. The van der Waals surface area contributed by atoms with Gasteiger partial charge in [0.1, 0.15) is 0 Å². The van der Waals surface area contributed by atoms with Gasteiger partial charge in [-0.25, -0.2) is 0 Å². The second-order valence-electron chi connectivity index (χ2n) is 4.04. The number of rotatable bonds is 5. The van der Waals surface area contributed by atoms with E-state index < -0.39 is 0 Å². The van der Waals surface area contributed by atoms with E-state index in [9.17, 15) is 4.79 Å². The van der Waals surface area contributed by atoms with Crippen LogP contribution < -0.4 is 5.32 Å². The van der Waals surface area contributed by atoms with Gasteiger partial charge in [-0.1, -0.05) is 58.4 Å². The highest BCUT2D eigenvalue weighted by Gasteiger charge is 2.04. The van der Waals surface area contributed by atoms with E-state index >= 15 is 0 Å². The molecule has 0 bridgehead atoms. The fourth-order valence-corrected chi connectivity index (χ4v) is 2.14. The Morgan fingerprint density at radius 2 is 1.74 bits per heavy atom. The molecule has 0 saturated carbocycles. The molecule has 0 aliphatic rings. The van der Waals surface area contributed by atoms with Crippen LogP contribution in [0.4, 0.5) is 0 Å². The fraction of sp³-hybridized carbons (Fsp3) is 0.0625. The largest absolute Gasteiger partial charge is 0.387 e. The average molecular weight is 316 g/mol. The van der Waals surface area contributed by atoms with Gasteiger partial charge < -0.3 is 5.32 Å². The summed E-state index contributed by atoms with van der Waals surface area (Å²) < 4.78 is 0.813. The molecular weight excluding hydrogens is 302 g/mol. The molecule has 0 amide bonds. The van der Waals surface area contributed by atoms with Crippen LogP contribution in [0.1, 0.15) is 15.9 Å². The molecular formula is C16H14BrNO. The van der Waals surface area contributed by atoms with Crippen molar-refractivity contribution in [3.8, 4) is 0 Å². The molecule has 0 aliphatic carbocycles. The standard InChI is InChI=1S/C16H14BrNO/c17-15-9-5-4-8-14(15)16(19)10-11-18-12-13-6-2-1-3-7-13/h1-11,18H,12H2/b11-10+. The van der Waals surface area contributed by atoms with Crippen LogP contribution in [-0.4, -0.2) is 5.78 Å². The minimum absolute atomic E-state index is 0.0203. The van der Waals surface area contributed by atoms with Gasteiger partial charge in [0.05, 0.1) is 0 Å². The highest BCUT2D eigenvalue weighted by molar-refractivity contribution is 9.10. The average Bonchev–Trinajstić information content (AvgIpc) is 2.45. The van der Waals surface area contributed by atoms with E-state index in [0.29, 0.717) is 12.1 Å². The Kier molecular flexibility index (Phi) is 4.93. The number of nitrogens with one attached hydrogen (secondary N) is 1. The van der Waals surface area contributed by atoms with Crippen LogP contribution in [-0.2, 0) is 6.54 Å². The summed E-state index contributed by atoms with van der Waals surface area (Å²) in [7, 11) is 0. The van der Waals surface area contributed by atoms with E-state index in [1.165, 1.54) is 5.56 Å². The molecule has 2 nitrogen and oxygen atoms in total. The molecule has 0 unspecified atom stereocenters. The predicted octanol–water partition coefficient (Wildman–Crippen LogP) is 3.94. The second kappa shape index (κ2) is 6.90. The van der Waals surface area contributed by atoms with E-state index in [0.717, 1.165) is 4.47 Å². The fourth-order valence-electron chi connectivity index (χ4n) is 1.66. The quantitative estimate of drug-likeness (QED) is 0.669. The Balaban J connectivity index is 1.89. The summed E-state index contributed by atoms with van der Waals surface area (Å²) in [5.74, 6) is -0.0203. The van der Waals surface area contributed by atoms with Crippen molar-refractivity contribution >= 4 is 21.7 Å². The molecule has 19 heavy (non-hydrogen) atoms. The zero-order valence-corrected chi connectivity index (χ0v) is 11.9. The molecule has 1 N–H and O–H groups in total. The summed E-state index contributed by atoms with van der Waals surface area (Å²) >= 11 is 3.37. The van der Waals surface area contributed by atoms with Crippen molar-refractivity contribution in [1.29, 1.82) is 0 Å². The smallest absolute Gasteiger partial charge is 0.188 e. The molecule has 0 aliphatic heterocycles. The van der Waals surface area contributed by atoms with Crippen LogP contribution in [0.25, 0.3) is 0 Å². The Morgan fingerprint density at radius 1 is 1.05 bits per heavy atom. The molecule has 3 heteroatoms. The summed E-state index contributed by atoms with van der Waals surface area (Å²) in [6.45, 7) is 0.709. The summed E-state index contributed by atoms with van der Waals surface area (Å²) in [4.78, 5) is 11.9. The zero-order chi connectivity index (χ0) is 13.5. The van der Waals surface area contributed by atoms with Crippen molar-refractivity contribution in [2.75, 3.05) is 0 Å². The van der Waals surface area contributed by atoms with Crippen molar-refractivity contribution in [1.82, 2.24) is 5.32 Å². The molecule has 96 valence electrons. The topological polar surface area (TPSA) is 29.1 Å². The molecule has 0 spiro atoms. The van der Waals surface area contributed by atoms with Crippen LogP contribution in [0.5, 0.6) is 0 Å². The SMILES string of the molecule is O=C(/C=C/NCc1ccccc1)c1ccccc1Br. The summed E-state index contributed by atoms with van der Waals surface area (Å²) in [5, 5.41) is 3.11. The summed E-state index contributed by atoms with van der Waals surface area (Å²) in [5.41, 5.74) is 1.85. The maximum Gasteiger partial charge on any atom is 0.188 e. The van der Waals surface area contributed by atoms with Crippen molar-refractivity contribution in [3.63, 3.8) is 0 Å². The zero-order valence-electron chi connectivity index (χ0n) is 10.3. The van der Waals surface area contributed by atoms with E-state index in [1.807, 2.05) is 48.5 Å². The van der Waals surface area contributed by atoms with Crippen LogP contribution >= 0.6 is 15.9 Å². The second-order valence-corrected chi connectivity index (χ2v) is 4.90. The molecule has 0 aromatic heterocycles. The number of carbonyl (C=O) groups is 1. The van der Waals surface area contributed by atoms with Crippen LogP contribution in [0.3, 0.4) is 0 Å². The Hall–Kier alpha value is -1.87. The first-order valence-electron chi connectivity index (χ1n) is 6.00. The van der Waals surface area contributed by atoms with Gasteiger partial charge in [0, 0.05) is 28.9 Å². The van der Waals surface area contributed by atoms with Gasteiger partial charge in [0.2, 0.25) is 0 Å². The number of halogens is 1. The van der Waals surface area contributed by atoms with Gasteiger partial charge in [0.15, 0.2) is 5.78 Å². The number of ketones is 1. The Labute approximate surface area is 121 Å². The number of allylic oxidation sites excluding steroid dienone is 1. The van der Waals surface area contributed by atoms with Gasteiger partial charge in [-0.2, -0.15) is 0 Å². The number of carbonyl (C=O) groups excluding carboxylic acids is 1. The molecule has 0 radical (unpaired) electrons. The van der Waals surface area contributed by atoms with Crippen LogP contribution in [0.15, 0.2) is 71.3 Å². The van der Waals surface area contributed by atoms with E-state index in [2.05, 4.69) is 21.2 Å². The highest BCUT2D eigenvalue weighted by Crippen LogP contribution is 2.16. The van der Waals surface area contributed by atoms with E-state index in [-0.39, 0.29) is 5.78 Å². The molecule has 0 saturated heterocycles. The lowest BCUT2D eigenvalue weighted by atomic mass is 10.1. The lowest BCUT2D eigenvalue weighted by Gasteiger charge is -2.01. The molecule has 0 heterocycles. The first kappa shape index (κ1) is 13.6. The van der Waals surface area contributed by atoms with E-state index in [4.69, 9.17) is 0 Å². The normalized spacial score (nSPS) is 10.6. The van der Waals surface area contributed by atoms with Crippen molar-refractivity contribution in [2.24, 2.45) is 0 Å². The minimum Gasteiger partial charge on any atom is -0.387 e. The van der Waals surface area contributed by atoms with Gasteiger partial charge in [-0.3, -0.25) is 4.79 Å². The minimum atomic E-state index is -0.0203. The lowest BCUT2D eigenvalue weighted by molar-refractivity contribution is 0.104. The van der Waals surface area contributed by atoms with Crippen molar-refractivity contribution in [2.45, 2.75) is 6.54 Å². The first-order chi connectivity index (χ1) is 9.27. The molecule has 2 aromatic rings. The van der Waals surface area contributed by atoms with E-state index in [1.54, 1.807) is 18.3 Å². The lowest BCUT2D eigenvalue weighted by Crippen LogP contribution is -2.05. The van der Waals surface area contributed by atoms with Gasteiger partial charge in [-0.05, 0) is 17.7 Å². The molecule has 2 rings (SSSR count). The van der Waals surface area contributed by atoms with Crippen molar-refractivity contribution < 1.29 is 4.79 Å². The number of benzene rings is 2. The van der Waals surface area contributed by atoms with Gasteiger partial charge >= 0.3 is 0 Å². The van der Waals surface area contributed by atoms with Crippen molar-refractivity contribution in [3.05, 3.63) is 82.5 Å². The van der Waals surface area contributed by atoms with Gasteiger partial charge in [0.25, 0.3) is 0 Å². The third-order valence-electron chi connectivity index (χ3n) is 2.64. The highest BCUT2D eigenvalue weighted by atomic mass is 79.9. The summed E-state index contributed by atoms with van der Waals surface area (Å²) in [6, 6.07) is 17.4. The first-order valence-corrected chi connectivity index (χ1v) is 6.79. The maximum atomic E-state index is 11.9. The Morgan fingerprint density at radius 3 is 2.47 bits per heavy atom. The predicted molar refractivity (Wildman–Crippen MR) is 80.9 cm³/mol. The molecule has 2 aromatic carbocycles. The van der Waals surface area contributed by atoms with Gasteiger partial charge in [-0.15, -0.1) is 0 Å². The molecule has 0 atom stereocenters. The summed E-state index contributed by atoms with van der Waals surface area (Å²) in [6.07, 6.45) is 3.23. The van der Waals surface area contributed by atoms with Crippen LogP contribution in [0, 0.1) is 0 Å². The number of hydrogen-bond donors (Lipinski definition) is 1. The number of hydrogen-bond acceptors (Lipinski definition) is 2.